The van der Waals surface area contributed by atoms with Gasteiger partial charge in [0.25, 0.3) is 0 Å². The number of aromatic nitrogens is 4. The minimum Gasteiger partial charge on any atom is -0.473 e. The van der Waals surface area contributed by atoms with Gasteiger partial charge in [-0.1, -0.05) is 0 Å². The minimum atomic E-state index is -0.101. The van der Waals surface area contributed by atoms with Crippen molar-refractivity contribution in [2.75, 3.05) is 11.9 Å². The molecular formula is C17H20N6O2S. The second kappa shape index (κ2) is 7.00. The molecule has 1 aliphatic rings. The number of amides is 1. The molecule has 0 aromatic carbocycles. The quantitative estimate of drug-likeness (QED) is 0.739. The van der Waals surface area contributed by atoms with Gasteiger partial charge < -0.3 is 10.1 Å². The van der Waals surface area contributed by atoms with Crippen LogP contribution >= 0.6 is 11.3 Å². The number of fused-ring (bicyclic) bond motifs is 1. The van der Waals surface area contributed by atoms with Crippen LogP contribution in [0.2, 0.25) is 0 Å². The Morgan fingerprint density at radius 3 is 3.12 bits per heavy atom. The summed E-state index contributed by atoms with van der Waals surface area (Å²) in [6.45, 7) is 5.32. The van der Waals surface area contributed by atoms with Crippen molar-refractivity contribution >= 4 is 28.0 Å². The Morgan fingerprint density at radius 1 is 1.38 bits per heavy atom. The molecule has 2 unspecified atom stereocenters. The van der Waals surface area contributed by atoms with Crippen LogP contribution in [-0.2, 0) is 11.3 Å². The molecule has 9 heteroatoms. The van der Waals surface area contributed by atoms with Gasteiger partial charge in [0.2, 0.25) is 11.8 Å². The van der Waals surface area contributed by atoms with Crippen molar-refractivity contribution in [3.63, 3.8) is 0 Å². The van der Waals surface area contributed by atoms with Crippen LogP contribution in [0.25, 0.3) is 5.65 Å². The van der Waals surface area contributed by atoms with Gasteiger partial charge in [-0.25, -0.2) is 9.97 Å². The maximum absolute atomic E-state index is 11.1. The van der Waals surface area contributed by atoms with Crippen LogP contribution in [0.3, 0.4) is 0 Å². The predicted octanol–water partition coefficient (Wildman–Crippen LogP) is 2.19. The smallest absolute Gasteiger partial charge is 0.223 e. The van der Waals surface area contributed by atoms with Crippen molar-refractivity contribution in [2.24, 2.45) is 0 Å². The number of hydrogen-bond acceptors (Lipinski definition) is 7. The van der Waals surface area contributed by atoms with E-state index in [0.29, 0.717) is 17.1 Å². The van der Waals surface area contributed by atoms with Crippen LogP contribution < -0.4 is 10.1 Å². The highest BCUT2D eigenvalue weighted by molar-refractivity contribution is 7.15. The number of ether oxygens (including phenoxy) is 1. The van der Waals surface area contributed by atoms with Crippen LogP contribution in [0.4, 0.5) is 5.13 Å². The number of thiazole rings is 1. The average molecular weight is 372 g/mol. The lowest BCUT2D eigenvalue weighted by molar-refractivity contribution is -0.114. The van der Waals surface area contributed by atoms with Crippen LogP contribution in [0.1, 0.15) is 25.1 Å². The van der Waals surface area contributed by atoms with Crippen molar-refractivity contribution in [3.8, 4) is 5.88 Å². The molecule has 8 nitrogen and oxygen atoms in total. The van der Waals surface area contributed by atoms with Gasteiger partial charge in [-0.05, 0) is 6.92 Å². The van der Waals surface area contributed by atoms with Gasteiger partial charge in [0, 0.05) is 55.9 Å². The number of nitrogens with zero attached hydrogens (tertiary/aromatic N) is 5. The third-order valence-electron chi connectivity index (χ3n) is 4.43. The third kappa shape index (κ3) is 3.54. The topological polar surface area (TPSA) is 84.7 Å². The van der Waals surface area contributed by atoms with E-state index in [9.17, 15) is 4.79 Å². The molecule has 26 heavy (non-hydrogen) atoms. The van der Waals surface area contributed by atoms with E-state index in [1.54, 1.807) is 18.6 Å². The summed E-state index contributed by atoms with van der Waals surface area (Å²) in [6.07, 6.45) is 9.93. The summed E-state index contributed by atoms with van der Waals surface area (Å²) in [5.74, 6) is 0.612. The molecule has 1 N–H and O–H groups in total. The Kier molecular flexibility index (Phi) is 4.56. The second-order valence-electron chi connectivity index (χ2n) is 6.47. The molecule has 4 heterocycles. The van der Waals surface area contributed by atoms with Crippen molar-refractivity contribution in [1.82, 2.24) is 24.3 Å². The summed E-state index contributed by atoms with van der Waals surface area (Å²) < 4.78 is 8.10. The lowest BCUT2D eigenvalue weighted by Crippen LogP contribution is -2.27. The summed E-state index contributed by atoms with van der Waals surface area (Å²) in [5.41, 5.74) is 0.778. The maximum atomic E-state index is 11.1. The fourth-order valence-electron chi connectivity index (χ4n) is 3.23. The molecule has 0 spiro atoms. The van der Waals surface area contributed by atoms with Crippen LogP contribution in [0, 0.1) is 0 Å². The highest BCUT2D eigenvalue weighted by Crippen LogP contribution is 2.27. The normalized spacial score (nSPS) is 20.5. The monoisotopic (exact) mass is 372 g/mol. The van der Waals surface area contributed by atoms with E-state index < -0.39 is 0 Å². The zero-order valence-electron chi connectivity index (χ0n) is 14.6. The SMILES string of the molecule is CC(=O)Nc1ncc(CN2CC(Oc3cncc4nccn34)CC2C)s1. The Balaban J connectivity index is 1.40. The van der Waals surface area contributed by atoms with Crippen LogP contribution in [-0.4, -0.2) is 48.9 Å². The molecule has 1 fully saturated rings. The Morgan fingerprint density at radius 2 is 2.27 bits per heavy atom. The largest absolute Gasteiger partial charge is 0.473 e. The molecular weight excluding hydrogens is 352 g/mol. The fourth-order valence-corrected chi connectivity index (χ4v) is 4.11. The molecule has 0 bridgehead atoms. The van der Waals surface area contributed by atoms with Gasteiger partial charge in [-0.3, -0.25) is 19.1 Å². The predicted molar refractivity (Wildman–Crippen MR) is 98.3 cm³/mol. The highest BCUT2D eigenvalue weighted by Gasteiger charge is 2.31. The van der Waals surface area contributed by atoms with Gasteiger partial charge in [0.15, 0.2) is 10.8 Å². The first-order valence-corrected chi connectivity index (χ1v) is 9.30. The minimum absolute atomic E-state index is 0.0996. The molecule has 1 amide bonds. The van der Waals surface area contributed by atoms with Gasteiger partial charge >= 0.3 is 0 Å². The molecule has 0 aliphatic carbocycles. The number of imidazole rings is 1. The van der Waals surface area contributed by atoms with Crippen molar-refractivity contribution < 1.29 is 9.53 Å². The first-order chi connectivity index (χ1) is 12.6. The standard InChI is InChI=1S/C17H20N6O2S/c1-11-5-13(25-16-8-18-7-15-19-3-4-23(15)16)9-22(11)10-14-6-20-17(26-14)21-12(2)24/h3-4,6-8,11,13H,5,9-10H2,1-2H3,(H,20,21,24). The number of hydrogen-bond donors (Lipinski definition) is 1. The van der Waals surface area contributed by atoms with Gasteiger partial charge in [-0.2, -0.15) is 0 Å². The third-order valence-corrected chi connectivity index (χ3v) is 5.33. The summed E-state index contributed by atoms with van der Waals surface area (Å²) in [5, 5.41) is 3.37. The summed E-state index contributed by atoms with van der Waals surface area (Å²) in [7, 11) is 0. The molecule has 1 saturated heterocycles. The number of carbonyl (C=O) groups is 1. The number of nitrogens with one attached hydrogen (secondary N) is 1. The van der Waals surface area contributed by atoms with E-state index >= 15 is 0 Å². The lowest BCUT2D eigenvalue weighted by Gasteiger charge is -2.19. The maximum Gasteiger partial charge on any atom is 0.223 e. The van der Waals surface area contributed by atoms with Gasteiger partial charge in [-0.15, -0.1) is 11.3 Å². The Hall–Kier alpha value is -2.52. The zero-order chi connectivity index (χ0) is 18.1. The van der Waals surface area contributed by atoms with E-state index in [1.807, 2.05) is 16.8 Å². The highest BCUT2D eigenvalue weighted by atomic mass is 32.1. The Labute approximate surface area is 154 Å². The average Bonchev–Trinajstić information content (AvgIpc) is 3.29. The summed E-state index contributed by atoms with van der Waals surface area (Å²) in [4.78, 5) is 27.3. The fraction of sp³-hybridized carbons (Fsp3) is 0.412. The van der Waals surface area contributed by atoms with E-state index in [1.165, 1.54) is 18.3 Å². The summed E-state index contributed by atoms with van der Waals surface area (Å²) in [6, 6.07) is 0.404. The molecule has 3 aromatic rings. The van der Waals surface area contributed by atoms with Crippen molar-refractivity contribution in [2.45, 2.75) is 39.0 Å². The first-order valence-electron chi connectivity index (χ1n) is 8.48. The molecule has 0 radical (unpaired) electrons. The summed E-state index contributed by atoms with van der Waals surface area (Å²) >= 11 is 1.51. The second-order valence-corrected chi connectivity index (χ2v) is 7.58. The van der Waals surface area contributed by atoms with Crippen molar-refractivity contribution in [3.05, 3.63) is 35.9 Å². The number of rotatable bonds is 5. The number of carbonyl (C=O) groups excluding carboxylic acids is 1. The molecule has 2 atom stereocenters. The zero-order valence-corrected chi connectivity index (χ0v) is 15.4. The molecule has 1 aliphatic heterocycles. The van der Waals surface area contributed by atoms with Gasteiger partial charge in [0.05, 0.1) is 12.4 Å². The molecule has 4 rings (SSSR count). The molecule has 136 valence electrons. The van der Waals surface area contributed by atoms with Gasteiger partial charge in [0.1, 0.15) is 6.10 Å². The molecule has 0 saturated carbocycles. The van der Waals surface area contributed by atoms with E-state index in [0.717, 1.165) is 30.0 Å². The van der Waals surface area contributed by atoms with Crippen LogP contribution in [0.15, 0.2) is 31.0 Å². The first kappa shape index (κ1) is 16.9. The van der Waals surface area contributed by atoms with E-state index in [4.69, 9.17) is 4.74 Å². The van der Waals surface area contributed by atoms with Crippen LogP contribution in [0.5, 0.6) is 5.88 Å². The van der Waals surface area contributed by atoms with E-state index in [2.05, 4.69) is 32.1 Å². The van der Waals surface area contributed by atoms with E-state index in [-0.39, 0.29) is 12.0 Å². The lowest BCUT2D eigenvalue weighted by atomic mass is 10.2. The number of likely N-dealkylation sites (tertiary alicyclic amines) is 1. The number of anilines is 1. The molecule has 3 aromatic heterocycles. The Bertz CT molecular complexity index is 923. The van der Waals surface area contributed by atoms with Crippen molar-refractivity contribution in [1.29, 1.82) is 0 Å².